The number of halogens is 2. The highest BCUT2D eigenvalue weighted by Crippen LogP contribution is 2.22. The van der Waals surface area contributed by atoms with Crippen molar-refractivity contribution >= 4 is 0 Å². The van der Waals surface area contributed by atoms with E-state index in [1.165, 1.54) is 0 Å². The zero-order valence-corrected chi connectivity index (χ0v) is 8.76. The third-order valence-electron chi connectivity index (χ3n) is 2.37. The summed E-state index contributed by atoms with van der Waals surface area (Å²) in [5.74, 6) is -0.934. The molecule has 15 heavy (non-hydrogen) atoms. The van der Waals surface area contributed by atoms with E-state index in [-0.39, 0.29) is 5.56 Å². The molecule has 0 fully saturated rings. The smallest absolute Gasteiger partial charge is 0.128 e. The van der Waals surface area contributed by atoms with Crippen molar-refractivity contribution in [3.63, 3.8) is 0 Å². The molecule has 0 radical (unpaired) electrons. The lowest BCUT2D eigenvalue weighted by Crippen LogP contribution is -2.13. The van der Waals surface area contributed by atoms with Gasteiger partial charge in [0.15, 0.2) is 0 Å². The summed E-state index contributed by atoms with van der Waals surface area (Å²) in [5.41, 5.74) is 6.92. The van der Waals surface area contributed by atoms with E-state index in [2.05, 4.69) is 6.58 Å². The van der Waals surface area contributed by atoms with Gasteiger partial charge in [-0.25, -0.2) is 8.78 Å². The van der Waals surface area contributed by atoms with Gasteiger partial charge in [-0.05, 0) is 31.0 Å². The van der Waals surface area contributed by atoms with Gasteiger partial charge < -0.3 is 5.73 Å². The average molecular weight is 211 g/mol. The van der Waals surface area contributed by atoms with Crippen molar-refractivity contribution in [3.05, 3.63) is 47.5 Å². The van der Waals surface area contributed by atoms with Crippen LogP contribution in [0.1, 0.15) is 31.4 Å². The Balaban J connectivity index is 2.85. The molecule has 82 valence electrons. The summed E-state index contributed by atoms with van der Waals surface area (Å²) in [4.78, 5) is 0. The van der Waals surface area contributed by atoms with Crippen molar-refractivity contribution in [2.45, 2.75) is 25.8 Å². The van der Waals surface area contributed by atoms with Crippen LogP contribution < -0.4 is 5.73 Å². The number of nitrogens with two attached hydrogens (primary N) is 1. The first-order valence-electron chi connectivity index (χ1n) is 4.91. The van der Waals surface area contributed by atoms with E-state index in [4.69, 9.17) is 5.73 Å². The van der Waals surface area contributed by atoms with Crippen molar-refractivity contribution in [2.24, 2.45) is 5.73 Å². The zero-order valence-electron chi connectivity index (χ0n) is 8.76. The van der Waals surface area contributed by atoms with Gasteiger partial charge in [0.05, 0.1) is 0 Å². The maximum Gasteiger partial charge on any atom is 0.128 e. The highest BCUT2D eigenvalue weighted by molar-refractivity contribution is 5.23. The Morgan fingerprint density at radius 1 is 1.47 bits per heavy atom. The minimum Gasteiger partial charge on any atom is -0.324 e. The molecule has 1 unspecified atom stereocenters. The first-order chi connectivity index (χ1) is 7.04. The molecule has 0 aliphatic carbocycles. The molecule has 2 N–H and O–H groups in total. The monoisotopic (exact) mass is 211 g/mol. The Hall–Kier alpha value is -1.22. The van der Waals surface area contributed by atoms with Crippen molar-refractivity contribution in [1.29, 1.82) is 0 Å². The number of rotatable bonds is 4. The van der Waals surface area contributed by atoms with E-state index in [0.29, 0.717) is 6.42 Å². The minimum absolute atomic E-state index is 0.213. The fraction of sp³-hybridized carbons (Fsp3) is 0.333. The van der Waals surface area contributed by atoms with Gasteiger partial charge >= 0.3 is 0 Å². The fourth-order valence-corrected chi connectivity index (χ4v) is 1.36. The summed E-state index contributed by atoms with van der Waals surface area (Å²) in [5, 5.41) is 0. The van der Waals surface area contributed by atoms with Gasteiger partial charge in [0.2, 0.25) is 0 Å². The van der Waals surface area contributed by atoms with Gasteiger partial charge in [-0.3, -0.25) is 0 Å². The largest absolute Gasteiger partial charge is 0.324 e. The summed E-state index contributed by atoms with van der Waals surface area (Å²) < 4.78 is 26.2. The molecule has 0 aliphatic rings. The summed E-state index contributed by atoms with van der Waals surface area (Å²) in [6, 6.07) is 2.80. The lowest BCUT2D eigenvalue weighted by molar-refractivity contribution is 0.559. The van der Waals surface area contributed by atoms with Crippen LogP contribution in [0.25, 0.3) is 0 Å². The highest BCUT2D eigenvalue weighted by atomic mass is 19.1. The van der Waals surface area contributed by atoms with Gasteiger partial charge in [-0.1, -0.05) is 19.1 Å². The summed E-state index contributed by atoms with van der Waals surface area (Å²) in [6.07, 6.45) is 1.28. The molecule has 1 aromatic rings. The molecule has 0 bridgehead atoms. The quantitative estimate of drug-likeness (QED) is 0.759. The van der Waals surface area contributed by atoms with Gasteiger partial charge in [0.1, 0.15) is 11.6 Å². The average Bonchev–Trinajstić information content (AvgIpc) is 2.21. The van der Waals surface area contributed by atoms with E-state index < -0.39 is 17.7 Å². The molecule has 0 saturated heterocycles. The summed E-state index contributed by atoms with van der Waals surface area (Å²) in [7, 11) is 0. The molecule has 0 aromatic heterocycles. The predicted molar refractivity (Wildman–Crippen MR) is 57.3 cm³/mol. The van der Waals surface area contributed by atoms with E-state index >= 15 is 0 Å². The predicted octanol–water partition coefficient (Wildman–Crippen LogP) is 3.32. The Labute approximate surface area is 88.6 Å². The van der Waals surface area contributed by atoms with Crippen LogP contribution in [0.15, 0.2) is 30.4 Å². The van der Waals surface area contributed by atoms with Crippen molar-refractivity contribution < 1.29 is 8.78 Å². The Morgan fingerprint density at radius 3 is 2.73 bits per heavy atom. The second-order valence-electron chi connectivity index (χ2n) is 3.58. The SMILES string of the molecule is C=C(CC)CC(N)c1cc(F)ccc1F. The van der Waals surface area contributed by atoms with Gasteiger partial charge in [-0.2, -0.15) is 0 Å². The van der Waals surface area contributed by atoms with Crippen LogP contribution in [0.4, 0.5) is 8.78 Å². The number of hydrogen-bond acceptors (Lipinski definition) is 1. The lowest BCUT2D eigenvalue weighted by atomic mass is 9.99. The maximum atomic E-state index is 13.3. The number of hydrogen-bond donors (Lipinski definition) is 1. The zero-order chi connectivity index (χ0) is 11.4. The fourth-order valence-electron chi connectivity index (χ4n) is 1.36. The van der Waals surface area contributed by atoms with Gasteiger partial charge in [-0.15, -0.1) is 0 Å². The van der Waals surface area contributed by atoms with E-state index in [0.717, 1.165) is 30.2 Å². The van der Waals surface area contributed by atoms with Crippen LogP contribution in [0, 0.1) is 11.6 Å². The van der Waals surface area contributed by atoms with Crippen LogP contribution in [0.2, 0.25) is 0 Å². The van der Waals surface area contributed by atoms with Crippen LogP contribution in [-0.2, 0) is 0 Å². The first kappa shape index (κ1) is 11.9. The van der Waals surface area contributed by atoms with Gasteiger partial charge in [0, 0.05) is 11.6 Å². The second-order valence-corrected chi connectivity index (χ2v) is 3.58. The number of benzene rings is 1. The van der Waals surface area contributed by atoms with Crippen molar-refractivity contribution in [3.8, 4) is 0 Å². The third kappa shape index (κ3) is 3.13. The second kappa shape index (κ2) is 5.03. The first-order valence-corrected chi connectivity index (χ1v) is 4.91. The van der Waals surface area contributed by atoms with E-state index in [1.807, 2.05) is 6.92 Å². The Morgan fingerprint density at radius 2 is 2.13 bits per heavy atom. The molecule has 0 aliphatic heterocycles. The van der Waals surface area contributed by atoms with Crippen LogP contribution in [0.3, 0.4) is 0 Å². The molecule has 1 aromatic carbocycles. The Kier molecular flexibility index (Phi) is 3.97. The molecule has 0 heterocycles. The molecule has 0 saturated carbocycles. The molecule has 1 nitrogen and oxygen atoms in total. The molecule has 1 atom stereocenters. The maximum absolute atomic E-state index is 13.3. The van der Waals surface area contributed by atoms with Crippen molar-refractivity contribution in [1.82, 2.24) is 0 Å². The lowest BCUT2D eigenvalue weighted by Gasteiger charge is -2.13. The molecule has 3 heteroatoms. The molecular formula is C12H15F2N. The molecule has 1 rings (SSSR count). The standard InChI is InChI=1S/C12H15F2N/c1-3-8(2)6-12(15)10-7-9(13)4-5-11(10)14/h4-5,7,12H,2-3,6,15H2,1H3. The van der Waals surface area contributed by atoms with Crippen molar-refractivity contribution in [2.75, 3.05) is 0 Å². The van der Waals surface area contributed by atoms with Gasteiger partial charge in [0.25, 0.3) is 0 Å². The van der Waals surface area contributed by atoms with E-state index in [1.54, 1.807) is 0 Å². The summed E-state index contributed by atoms with van der Waals surface area (Å²) in [6.45, 7) is 5.75. The molecular weight excluding hydrogens is 196 g/mol. The summed E-state index contributed by atoms with van der Waals surface area (Å²) >= 11 is 0. The molecule has 0 spiro atoms. The van der Waals surface area contributed by atoms with E-state index in [9.17, 15) is 8.78 Å². The third-order valence-corrected chi connectivity index (χ3v) is 2.37. The van der Waals surface area contributed by atoms with Crippen LogP contribution in [0.5, 0.6) is 0 Å². The highest BCUT2D eigenvalue weighted by Gasteiger charge is 2.12. The normalized spacial score (nSPS) is 12.5. The Bertz CT molecular complexity index is 361. The topological polar surface area (TPSA) is 26.0 Å². The molecule has 0 amide bonds. The van der Waals surface area contributed by atoms with Crippen LogP contribution in [-0.4, -0.2) is 0 Å². The minimum atomic E-state index is -0.520. The van der Waals surface area contributed by atoms with Crippen LogP contribution >= 0.6 is 0 Å².